The second kappa shape index (κ2) is 11.0. The predicted octanol–water partition coefficient (Wildman–Crippen LogP) is 3.31. The van der Waals surface area contributed by atoms with Crippen molar-refractivity contribution in [3.05, 3.63) is 30.1 Å². The lowest BCUT2D eigenvalue weighted by Crippen LogP contribution is -2.44. The quantitative estimate of drug-likeness (QED) is 0.567. The lowest BCUT2D eigenvalue weighted by Gasteiger charge is -2.28. The van der Waals surface area contributed by atoms with Crippen molar-refractivity contribution in [1.29, 1.82) is 0 Å². The van der Waals surface area contributed by atoms with Crippen LogP contribution in [0.25, 0.3) is 0 Å². The molecule has 5 nitrogen and oxygen atoms in total. The summed E-state index contributed by atoms with van der Waals surface area (Å²) < 4.78 is 25.0. The van der Waals surface area contributed by atoms with E-state index in [1.165, 1.54) is 6.07 Å². The van der Waals surface area contributed by atoms with Crippen LogP contribution < -0.4 is 10.1 Å². The molecule has 1 aliphatic heterocycles. The minimum atomic E-state index is -0.330. The average Bonchev–Trinajstić information content (AvgIpc) is 2.68. The van der Waals surface area contributed by atoms with Gasteiger partial charge in [-0.1, -0.05) is 19.1 Å². The van der Waals surface area contributed by atoms with Gasteiger partial charge in [0.2, 0.25) is 0 Å². The molecule has 1 aromatic carbocycles. The topological polar surface area (TPSA) is 46.1 Å². The number of nitrogens with zero attached hydrogens (tertiary/aromatic N) is 2. The third-order valence-electron chi connectivity index (χ3n) is 4.86. The van der Waals surface area contributed by atoms with Crippen LogP contribution in [0.3, 0.4) is 0 Å². The number of rotatable bonds is 8. The van der Waals surface area contributed by atoms with Gasteiger partial charge >= 0.3 is 0 Å². The van der Waals surface area contributed by atoms with Crippen molar-refractivity contribution >= 4 is 5.96 Å². The van der Waals surface area contributed by atoms with Crippen LogP contribution in [0.4, 0.5) is 4.39 Å². The van der Waals surface area contributed by atoms with Gasteiger partial charge in [0.05, 0.1) is 6.54 Å². The number of ether oxygens (including phenoxy) is 2. The Balaban J connectivity index is 1.79. The van der Waals surface area contributed by atoms with E-state index in [4.69, 9.17) is 9.47 Å². The molecule has 2 rings (SSSR count). The second-order valence-electron chi connectivity index (χ2n) is 6.77. The van der Waals surface area contributed by atoms with Crippen LogP contribution in [0.1, 0.15) is 32.6 Å². The summed E-state index contributed by atoms with van der Waals surface area (Å²) >= 11 is 0. The molecule has 1 heterocycles. The minimum absolute atomic E-state index is 0.118. The molecule has 0 aromatic heterocycles. The zero-order chi connectivity index (χ0) is 18.8. The molecule has 1 fully saturated rings. The maximum atomic E-state index is 13.8. The van der Waals surface area contributed by atoms with Crippen molar-refractivity contribution in [2.24, 2.45) is 10.9 Å². The highest BCUT2D eigenvalue weighted by atomic mass is 19.1. The summed E-state index contributed by atoms with van der Waals surface area (Å²) in [5.41, 5.74) is 0. The third kappa shape index (κ3) is 6.48. The Hall–Kier alpha value is -1.82. The molecule has 6 heteroatoms. The molecule has 26 heavy (non-hydrogen) atoms. The van der Waals surface area contributed by atoms with Crippen molar-refractivity contribution in [2.45, 2.75) is 38.7 Å². The van der Waals surface area contributed by atoms with Gasteiger partial charge in [-0.05, 0) is 43.7 Å². The molecule has 0 aliphatic carbocycles. The van der Waals surface area contributed by atoms with Crippen molar-refractivity contribution in [3.63, 3.8) is 0 Å². The van der Waals surface area contributed by atoms with Crippen molar-refractivity contribution in [1.82, 2.24) is 10.2 Å². The number of para-hydroxylation sites is 1. The van der Waals surface area contributed by atoms with Crippen molar-refractivity contribution in [2.75, 3.05) is 40.4 Å². The molecule has 0 saturated carbocycles. The van der Waals surface area contributed by atoms with Crippen molar-refractivity contribution < 1.29 is 13.9 Å². The number of halogens is 1. The molecular weight excluding hydrogens is 333 g/mol. The highest BCUT2D eigenvalue weighted by Gasteiger charge is 2.17. The SMILES string of the molecule is CCC(CNC(=NC)N(C)CCC1CCOCC1)Oc1ccccc1F. The molecular formula is C20H32FN3O2. The molecule has 1 aliphatic rings. The number of guanidine groups is 1. The summed E-state index contributed by atoms with van der Waals surface area (Å²) in [6.45, 7) is 5.33. The van der Waals surface area contributed by atoms with Crippen LogP contribution in [-0.2, 0) is 4.74 Å². The van der Waals surface area contributed by atoms with E-state index in [-0.39, 0.29) is 11.9 Å². The van der Waals surface area contributed by atoms with Gasteiger partial charge in [-0.25, -0.2) is 4.39 Å². The number of hydrogen-bond donors (Lipinski definition) is 1. The van der Waals surface area contributed by atoms with Gasteiger partial charge in [0.15, 0.2) is 17.5 Å². The van der Waals surface area contributed by atoms with E-state index >= 15 is 0 Å². The fourth-order valence-electron chi connectivity index (χ4n) is 3.10. The second-order valence-corrected chi connectivity index (χ2v) is 6.77. The molecule has 0 amide bonds. The van der Waals surface area contributed by atoms with Gasteiger partial charge < -0.3 is 19.7 Å². The van der Waals surface area contributed by atoms with Crippen LogP contribution in [0.5, 0.6) is 5.75 Å². The Morgan fingerprint density at radius 3 is 2.77 bits per heavy atom. The molecule has 1 unspecified atom stereocenters. The third-order valence-corrected chi connectivity index (χ3v) is 4.86. The highest BCUT2D eigenvalue weighted by Crippen LogP contribution is 2.19. The Bertz CT molecular complexity index is 562. The molecule has 1 N–H and O–H groups in total. The van der Waals surface area contributed by atoms with Crippen LogP contribution in [-0.4, -0.2) is 57.4 Å². The summed E-state index contributed by atoms with van der Waals surface area (Å²) in [6, 6.07) is 6.52. The summed E-state index contributed by atoms with van der Waals surface area (Å²) in [5, 5.41) is 3.35. The first-order valence-corrected chi connectivity index (χ1v) is 9.54. The molecule has 146 valence electrons. The molecule has 0 spiro atoms. The van der Waals surface area contributed by atoms with E-state index in [9.17, 15) is 4.39 Å². The van der Waals surface area contributed by atoms with Crippen LogP contribution in [0, 0.1) is 11.7 Å². The smallest absolute Gasteiger partial charge is 0.193 e. The Morgan fingerprint density at radius 2 is 2.12 bits per heavy atom. The number of benzene rings is 1. The normalized spacial score (nSPS) is 17.0. The molecule has 0 bridgehead atoms. The molecule has 1 saturated heterocycles. The molecule has 1 atom stereocenters. The van der Waals surface area contributed by atoms with E-state index in [0.717, 1.165) is 57.3 Å². The van der Waals surface area contributed by atoms with E-state index in [2.05, 4.69) is 15.2 Å². The largest absolute Gasteiger partial charge is 0.486 e. The highest BCUT2D eigenvalue weighted by molar-refractivity contribution is 5.79. The Kier molecular flexibility index (Phi) is 8.68. The summed E-state index contributed by atoms with van der Waals surface area (Å²) in [6.07, 6.45) is 4.10. The van der Waals surface area contributed by atoms with Gasteiger partial charge in [0.1, 0.15) is 6.10 Å². The van der Waals surface area contributed by atoms with Gasteiger partial charge in [-0.2, -0.15) is 0 Å². The standard InChI is InChI=1S/C20H32FN3O2/c1-4-17(26-19-8-6-5-7-18(19)21)15-23-20(22-2)24(3)12-9-16-10-13-25-14-11-16/h5-8,16-17H,4,9-15H2,1-3H3,(H,22,23). The van der Waals surface area contributed by atoms with Crippen molar-refractivity contribution in [3.8, 4) is 5.75 Å². The van der Waals surface area contributed by atoms with Crippen LogP contribution in [0.2, 0.25) is 0 Å². The minimum Gasteiger partial charge on any atom is -0.486 e. The lowest BCUT2D eigenvalue weighted by atomic mass is 9.96. The number of nitrogens with one attached hydrogen (secondary N) is 1. The monoisotopic (exact) mass is 365 g/mol. The Morgan fingerprint density at radius 1 is 1.38 bits per heavy atom. The van der Waals surface area contributed by atoms with Crippen LogP contribution in [0.15, 0.2) is 29.3 Å². The van der Waals surface area contributed by atoms with Gasteiger partial charge in [-0.15, -0.1) is 0 Å². The maximum absolute atomic E-state index is 13.8. The van der Waals surface area contributed by atoms with Gasteiger partial charge in [-0.3, -0.25) is 4.99 Å². The average molecular weight is 365 g/mol. The first kappa shape index (κ1) is 20.5. The van der Waals surface area contributed by atoms with E-state index in [0.29, 0.717) is 12.3 Å². The zero-order valence-corrected chi connectivity index (χ0v) is 16.2. The van der Waals surface area contributed by atoms with Gasteiger partial charge in [0, 0.05) is 33.9 Å². The van der Waals surface area contributed by atoms with Gasteiger partial charge in [0.25, 0.3) is 0 Å². The first-order valence-electron chi connectivity index (χ1n) is 9.54. The summed E-state index contributed by atoms with van der Waals surface area (Å²) in [7, 11) is 3.83. The summed E-state index contributed by atoms with van der Waals surface area (Å²) in [5.74, 6) is 1.54. The molecule has 0 radical (unpaired) electrons. The van der Waals surface area contributed by atoms with Crippen LogP contribution >= 0.6 is 0 Å². The number of aliphatic imine (C=N–C) groups is 1. The first-order chi connectivity index (χ1) is 12.6. The van der Waals surface area contributed by atoms with E-state index in [1.807, 2.05) is 14.0 Å². The summed E-state index contributed by atoms with van der Waals surface area (Å²) in [4.78, 5) is 6.50. The zero-order valence-electron chi connectivity index (χ0n) is 16.2. The predicted molar refractivity (Wildman–Crippen MR) is 103 cm³/mol. The van der Waals surface area contributed by atoms with E-state index < -0.39 is 0 Å². The fraction of sp³-hybridized carbons (Fsp3) is 0.650. The number of hydrogen-bond acceptors (Lipinski definition) is 3. The Labute approximate surface area is 156 Å². The fourth-order valence-corrected chi connectivity index (χ4v) is 3.10. The molecule has 1 aromatic rings. The lowest BCUT2D eigenvalue weighted by molar-refractivity contribution is 0.0625. The maximum Gasteiger partial charge on any atom is 0.193 e. The van der Waals surface area contributed by atoms with E-state index in [1.54, 1.807) is 25.2 Å².